The summed E-state index contributed by atoms with van der Waals surface area (Å²) in [6.07, 6.45) is 19.8. The summed E-state index contributed by atoms with van der Waals surface area (Å²) in [4.78, 5) is 11.0. The Balaban J connectivity index is 1.51. The highest BCUT2D eigenvalue weighted by molar-refractivity contribution is 5.66. The molecule has 3 aromatic rings. The van der Waals surface area contributed by atoms with E-state index in [-0.39, 0.29) is 12.5 Å². The van der Waals surface area contributed by atoms with Gasteiger partial charge in [-0.25, -0.2) is 0 Å². The number of aliphatic carboxylic acids is 1. The molecule has 3 rings (SSSR count). The molecule has 5 heteroatoms. The SMILES string of the molecule is CCCCCCCCCCCCCCCCOCC(COC(c1ccccc1)(c1ccccc1)c1ccccc1)OCCCCC(=O)O. The quantitative estimate of drug-likeness (QED) is 0.0594. The molecule has 0 aromatic heterocycles. The molecule has 0 heterocycles. The number of hydrogen-bond acceptors (Lipinski definition) is 4. The Morgan fingerprint density at radius 3 is 1.42 bits per heavy atom. The van der Waals surface area contributed by atoms with Crippen molar-refractivity contribution in [3.05, 3.63) is 108 Å². The van der Waals surface area contributed by atoms with Crippen LogP contribution in [0.4, 0.5) is 0 Å². The molecule has 0 saturated carbocycles. The molecular weight excluding hydrogens is 596 g/mol. The van der Waals surface area contributed by atoms with E-state index in [1.165, 1.54) is 83.5 Å². The van der Waals surface area contributed by atoms with Crippen molar-refractivity contribution in [2.75, 3.05) is 26.4 Å². The molecule has 0 bridgehead atoms. The zero-order chi connectivity index (χ0) is 34.0. The summed E-state index contributed by atoms with van der Waals surface area (Å²) in [7, 11) is 0. The van der Waals surface area contributed by atoms with Crippen LogP contribution in [0.1, 0.15) is 133 Å². The van der Waals surface area contributed by atoms with Crippen molar-refractivity contribution in [1.82, 2.24) is 0 Å². The maximum atomic E-state index is 11.0. The van der Waals surface area contributed by atoms with Gasteiger partial charge in [0.1, 0.15) is 11.7 Å². The third kappa shape index (κ3) is 15.1. The second-order valence-corrected chi connectivity index (χ2v) is 13.1. The van der Waals surface area contributed by atoms with Crippen molar-refractivity contribution in [1.29, 1.82) is 0 Å². The molecule has 0 aliphatic carbocycles. The summed E-state index contributed by atoms with van der Waals surface area (Å²) in [6, 6.07) is 31.1. The van der Waals surface area contributed by atoms with Gasteiger partial charge in [0.05, 0.1) is 13.2 Å². The fraction of sp³-hybridized carbons (Fsp3) is 0.558. The number of rotatable bonds is 29. The Labute approximate surface area is 291 Å². The molecule has 264 valence electrons. The Morgan fingerprint density at radius 1 is 0.562 bits per heavy atom. The van der Waals surface area contributed by atoms with Crippen LogP contribution >= 0.6 is 0 Å². The monoisotopic (exact) mass is 658 g/mol. The Hall–Kier alpha value is -2.99. The molecule has 0 spiro atoms. The molecule has 0 fully saturated rings. The summed E-state index contributed by atoms with van der Waals surface area (Å²) in [5.41, 5.74) is 2.31. The van der Waals surface area contributed by atoms with E-state index in [9.17, 15) is 4.79 Å². The van der Waals surface area contributed by atoms with Gasteiger partial charge < -0.3 is 19.3 Å². The molecule has 0 aliphatic rings. The first kappa shape index (κ1) is 39.4. The highest BCUT2D eigenvalue weighted by Gasteiger charge is 2.38. The van der Waals surface area contributed by atoms with E-state index in [1.807, 2.05) is 18.2 Å². The van der Waals surface area contributed by atoms with E-state index < -0.39 is 11.6 Å². The van der Waals surface area contributed by atoms with Gasteiger partial charge in [-0.15, -0.1) is 0 Å². The lowest BCUT2D eigenvalue weighted by Crippen LogP contribution is -2.37. The fourth-order valence-electron chi connectivity index (χ4n) is 6.37. The first-order valence-electron chi connectivity index (χ1n) is 18.9. The van der Waals surface area contributed by atoms with Crippen molar-refractivity contribution in [2.45, 2.75) is 128 Å². The van der Waals surface area contributed by atoms with Crippen molar-refractivity contribution in [2.24, 2.45) is 0 Å². The molecule has 1 atom stereocenters. The lowest BCUT2D eigenvalue weighted by molar-refractivity contribution is -0.137. The standard InChI is InChI=1S/C43H62O5/c1-2-3-4-5-6-7-8-9-10-11-12-13-14-25-34-46-36-41(47-35-26-24-33-42(44)45)37-48-43(38-27-18-15-19-28-38,39-29-20-16-21-30-39)40-31-22-17-23-32-40/h15-23,27-32,41H,2-14,24-26,33-37H2,1H3,(H,44,45). The average molecular weight is 659 g/mol. The highest BCUT2D eigenvalue weighted by atomic mass is 16.6. The summed E-state index contributed by atoms with van der Waals surface area (Å²) in [5, 5.41) is 9.05. The van der Waals surface area contributed by atoms with Crippen LogP contribution < -0.4 is 0 Å². The van der Waals surface area contributed by atoms with Crippen LogP contribution in [0.5, 0.6) is 0 Å². The minimum atomic E-state index is -0.830. The number of unbranched alkanes of at least 4 members (excludes halogenated alkanes) is 14. The van der Waals surface area contributed by atoms with Crippen LogP contribution in [0.15, 0.2) is 91.0 Å². The molecule has 1 unspecified atom stereocenters. The largest absolute Gasteiger partial charge is 0.481 e. The van der Waals surface area contributed by atoms with Crippen molar-refractivity contribution in [3.63, 3.8) is 0 Å². The van der Waals surface area contributed by atoms with Crippen LogP contribution in [-0.4, -0.2) is 43.6 Å². The van der Waals surface area contributed by atoms with Crippen molar-refractivity contribution < 1.29 is 24.1 Å². The van der Waals surface area contributed by atoms with E-state index in [0.29, 0.717) is 39.3 Å². The predicted molar refractivity (Wildman–Crippen MR) is 198 cm³/mol. The Kier molecular flexibility index (Phi) is 20.6. The van der Waals surface area contributed by atoms with Gasteiger partial charge in [0.2, 0.25) is 0 Å². The number of ether oxygens (including phenoxy) is 3. The summed E-state index contributed by atoms with van der Waals surface area (Å²) in [5.74, 6) is -0.773. The molecule has 3 aromatic carbocycles. The first-order chi connectivity index (χ1) is 23.7. The molecule has 48 heavy (non-hydrogen) atoms. The average Bonchev–Trinajstić information content (AvgIpc) is 3.12. The van der Waals surface area contributed by atoms with Crippen molar-refractivity contribution in [3.8, 4) is 0 Å². The van der Waals surface area contributed by atoms with Gasteiger partial charge in [-0.05, 0) is 36.0 Å². The minimum Gasteiger partial charge on any atom is -0.481 e. The van der Waals surface area contributed by atoms with Gasteiger partial charge in [-0.3, -0.25) is 4.79 Å². The van der Waals surface area contributed by atoms with Gasteiger partial charge in [-0.1, -0.05) is 181 Å². The van der Waals surface area contributed by atoms with Gasteiger partial charge >= 0.3 is 5.97 Å². The first-order valence-corrected chi connectivity index (χ1v) is 18.9. The summed E-state index contributed by atoms with van der Waals surface area (Å²) in [6.45, 7) is 4.22. The number of carboxylic acids is 1. The Morgan fingerprint density at radius 2 is 0.979 bits per heavy atom. The van der Waals surface area contributed by atoms with Crippen LogP contribution in [0.3, 0.4) is 0 Å². The van der Waals surface area contributed by atoms with E-state index >= 15 is 0 Å². The van der Waals surface area contributed by atoms with Gasteiger partial charge in [0.15, 0.2) is 0 Å². The maximum absolute atomic E-state index is 11.0. The second kappa shape index (κ2) is 25.0. The normalized spacial score (nSPS) is 12.3. The van der Waals surface area contributed by atoms with Gasteiger partial charge in [-0.2, -0.15) is 0 Å². The zero-order valence-electron chi connectivity index (χ0n) is 29.7. The molecule has 0 amide bonds. The van der Waals surface area contributed by atoms with Crippen molar-refractivity contribution >= 4 is 5.97 Å². The highest BCUT2D eigenvalue weighted by Crippen LogP contribution is 2.40. The smallest absolute Gasteiger partial charge is 0.303 e. The number of carbonyl (C=O) groups is 1. The fourth-order valence-corrected chi connectivity index (χ4v) is 6.37. The molecule has 0 saturated heterocycles. The number of carboxylic acid groups (broad SMARTS) is 1. The molecule has 0 radical (unpaired) electrons. The maximum Gasteiger partial charge on any atom is 0.303 e. The third-order valence-corrected chi connectivity index (χ3v) is 9.11. The topological polar surface area (TPSA) is 65.0 Å². The molecule has 1 N–H and O–H groups in total. The Bertz CT molecular complexity index is 1090. The molecule has 0 aliphatic heterocycles. The van der Waals surface area contributed by atoms with E-state index in [0.717, 1.165) is 23.1 Å². The van der Waals surface area contributed by atoms with Crippen LogP contribution in [0.25, 0.3) is 0 Å². The minimum absolute atomic E-state index is 0.152. The summed E-state index contributed by atoms with van der Waals surface area (Å²) < 4.78 is 19.5. The van der Waals surface area contributed by atoms with E-state index in [1.54, 1.807) is 0 Å². The third-order valence-electron chi connectivity index (χ3n) is 9.11. The lowest BCUT2D eigenvalue weighted by atomic mass is 9.80. The van der Waals surface area contributed by atoms with Crippen LogP contribution in [-0.2, 0) is 24.6 Å². The van der Waals surface area contributed by atoms with Gasteiger partial charge in [0, 0.05) is 19.6 Å². The van der Waals surface area contributed by atoms with Crippen LogP contribution in [0.2, 0.25) is 0 Å². The zero-order valence-corrected chi connectivity index (χ0v) is 29.7. The molecular formula is C43H62O5. The summed E-state index contributed by atoms with van der Waals surface area (Å²) >= 11 is 0. The number of hydrogen-bond donors (Lipinski definition) is 1. The van der Waals surface area contributed by atoms with E-state index in [2.05, 4.69) is 79.7 Å². The molecule has 5 nitrogen and oxygen atoms in total. The number of benzene rings is 3. The lowest BCUT2D eigenvalue weighted by Gasteiger charge is -2.37. The van der Waals surface area contributed by atoms with Gasteiger partial charge in [0.25, 0.3) is 0 Å². The van der Waals surface area contributed by atoms with Crippen LogP contribution in [0, 0.1) is 0 Å². The van der Waals surface area contributed by atoms with E-state index in [4.69, 9.17) is 19.3 Å². The second-order valence-electron chi connectivity index (χ2n) is 13.1. The predicted octanol–water partition coefficient (Wildman–Crippen LogP) is 11.1.